The number of nitrogens with zero attached hydrogens (tertiary/aromatic N) is 1. The summed E-state index contributed by atoms with van der Waals surface area (Å²) in [5.41, 5.74) is 0.144. The van der Waals surface area contributed by atoms with E-state index in [2.05, 4.69) is 15.9 Å². The van der Waals surface area contributed by atoms with Gasteiger partial charge in [-0.1, -0.05) is 34.1 Å². The van der Waals surface area contributed by atoms with Crippen LogP contribution in [0.5, 0.6) is 11.5 Å². The molecule has 108 valence electrons. The molecule has 0 saturated heterocycles. The van der Waals surface area contributed by atoms with Gasteiger partial charge in [0, 0.05) is 5.33 Å². The Balaban J connectivity index is 2.42. The third-order valence-corrected chi connectivity index (χ3v) is 3.38. The first-order chi connectivity index (χ1) is 9.95. The summed E-state index contributed by atoms with van der Waals surface area (Å²) < 4.78 is 44.0. The van der Waals surface area contributed by atoms with Crippen LogP contribution in [0.25, 0.3) is 0 Å². The van der Waals surface area contributed by atoms with Crippen LogP contribution in [0.2, 0.25) is 0 Å². The van der Waals surface area contributed by atoms with Crippen LogP contribution in [0.1, 0.15) is 16.7 Å². The van der Waals surface area contributed by atoms with Crippen LogP contribution >= 0.6 is 15.9 Å². The molecule has 0 fully saturated rings. The molecule has 0 heterocycles. The van der Waals surface area contributed by atoms with Gasteiger partial charge in [0.25, 0.3) is 0 Å². The molecule has 2 aromatic carbocycles. The SMILES string of the molecule is N#Cc1cc(CBr)ccc1Oc1ccccc1C(F)(F)F. The molecule has 0 aromatic heterocycles. The molecule has 0 amide bonds. The predicted octanol–water partition coefficient (Wildman–Crippen LogP) is 5.26. The minimum Gasteiger partial charge on any atom is -0.455 e. The number of ether oxygens (including phenoxy) is 1. The predicted molar refractivity (Wildman–Crippen MR) is 75.3 cm³/mol. The molecule has 0 N–H and O–H groups in total. The van der Waals surface area contributed by atoms with Gasteiger partial charge in [0.05, 0.1) is 11.1 Å². The highest BCUT2D eigenvalue weighted by atomic mass is 79.9. The van der Waals surface area contributed by atoms with Crippen molar-refractivity contribution in [3.05, 3.63) is 59.2 Å². The van der Waals surface area contributed by atoms with E-state index in [9.17, 15) is 13.2 Å². The largest absolute Gasteiger partial charge is 0.455 e. The molecule has 0 spiro atoms. The van der Waals surface area contributed by atoms with E-state index in [1.807, 2.05) is 6.07 Å². The summed E-state index contributed by atoms with van der Waals surface area (Å²) in [6, 6.07) is 11.6. The molecular formula is C15H9BrF3NO. The van der Waals surface area contributed by atoms with E-state index in [1.165, 1.54) is 24.3 Å². The van der Waals surface area contributed by atoms with Crippen molar-refractivity contribution in [1.82, 2.24) is 0 Å². The maximum atomic E-state index is 12.9. The summed E-state index contributed by atoms with van der Waals surface area (Å²) in [4.78, 5) is 0. The van der Waals surface area contributed by atoms with E-state index in [0.29, 0.717) is 5.33 Å². The number of para-hydroxylation sites is 1. The van der Waals surface area contributed by atoms with Crippen LogP contribution in [-0.4, -0.2) is 0 Å². The van der Waals surface area contributed by atoms with Gasteiger partial charge < -0.3 is 4.74 Å². The van der Waals surface area contributed by atoms with Gasteiger partial charge >= 0.3 is 6.18 Å². The third-order valence-electron chi connectivity index (χ3n) is 2.73. The van der Waals surface area contributed by atoms with Crippen LogP contribution in [0, 0.1) is 11.3 Å². The fourth-order valence-electron chi connectivity index (χ4n) is 1.74. The molecule has 0 saturated carbocycles. The Hall–Kier alpha value is -2.00. The molecule has 0 aliphatic heterocycles. The fraction of sp³-hybridized carbons (Fsp3) is 0.133. The second kappa shape index (κ2) is 6.19. The Kier molecular flexibility index (Phi) is 4.53. The van der Waals surface area contributed by atoms with Crippen molar-refractivity contribution < 1.29 is 17.9 Å². The standard InChI is InChI=1S/C15H9BrF3NO/c16-8-10-5-6-13(11(7-10)9-20)21-14-4-2-1-3-12(14)15(17,18)19/h1-7H,8H2. The van der Waals surface area contributed by atoms with E-state index < -0.39 is 11.7 Å². The number of halogens is 4. The van der Waals surface area contributed by atoms with Crippen molar-refractivity contribution in [2.45, 2.75) is 11.5 Å². The highest BCUT2D eigenvalue weighted by Gasteiger charge is 2.34. The summed E-state index contributed by atoms with van der Waals surface area (Å²) in [6.45, 7) is 0. The number of nitriles is 1. The van der Waals surface area contributed by atoms with Crippen LogP contribution in [0.3, 0.4) is 0 Å². The average Bonchev–Trinajstić information content (AvgIpc) is 2.47. The quantitative estimate of drug-likeness (QED) is 0.703. The smallest absolute Gasteiger partial charge is 0.419 e. The first-order valence-corrected chi connectivity index (χ1v) is 7.01. The zero-order chi connectivity index (χ0) is 15.5. The van der Waals surface area contributed by atoms with Crippen molar-refractivity contribution in [3.8, 4) is 17.6 Å². The van der Waals surface area contributed by atoms with Crippen LogP contribution < -0.4 is 4.74 Å². The highest BCUT2D eigenvalue weighted by Crippen LogP contribution is 2.38. The Bertz CT molecular complexity index is 692. The van der Waals surface area contributed by atoms with E-state index in [-0.39, 0.29) is 17.1 Å². The Labute approximate surface area is 127 Å². The maximum absolute atomic E-state index is 12.9. The number of hydrogen-bond donors (Lipinski definition) is 0. The molecule has 0 unspecified atom stereocenters. The average molecular weight is 356 g/mol. The van der Waals surface area contributed by atoms with E-state index >= 15 is 0 Å². The summed E-state index contributed by atoms with van der Waals surface area (Å²) in [7, 11) is 0. The van der Waals surface area contributed by atoms with Gasteiger partial charge in [-0.2, -0.15) is 18.4 Å². The zero-order valence-electron chi connectivity index (χ0n) is 10.6. The molecule has 2 aromatic rings. The monoisotopic (exact) mass is 355 g/mol. The lowest BCUT2D eigenvalue weighted by atomic mass is 10.1. The first-order valence-electron chi connectivity index (χ1n) is 5.89. The highest BCUT2D eigenvalue weighted by molar-refractivity contribution is 9.08. The number of alkyl halides is 4. The molecule has 21 heavy (non-hydrogen) atoms. The minimum absolute atomic E-state index is 0.0962. The molecule has 0 bridgehead atoms. The molecule has 0 aliphatic carbocycles. The third kappa shape index (κ3) is 3.56. The van der Waals surface area contributed by atoms with Gasteiger partial charge in [0.15, 0.2) is 0 Å². The molecule has 0 aliphatic rings. The lowest BCUT2D eigenvalue weighted by Crippen LogP contribution is -2.07. The van der Waals surface area contributed by atoms with Crippen molar-refractivity contribution >= 4 is 15.9 Å². The Morgan fingerprint density at radius 3 is 2.43 bits per heavy atom. The molecule has 0 atom stereocenters. The van der Waals surface area contributed by atoms with Crippen LogP contribution in [0.4, 0.5) is 13.2 Å². The molecule has 0 radical (unpaired) electrons. The van der Waals surface area contributed by atoms with E-state index in [4.69, 9.17) is 10.00 Å². The number of rotatable bonds is 3. The maximum Gasteiger partial charge on any atom is 0.419 e. The fourth-order valence-corrected chi connectivity index (χ4v) is 2.09. The van der Waals surface area contributed by atoms with E-state index in [1.54, 1.807) is 12.1 Å². The van der Waals surface area contributed by atoms with Crippen molar-refractivity contribution in [1.29, 1.82) is 5.26 Å². The second-order valence-corrected chi connectivity index (χ2v) is 4.73. The molecule has 2 rings (SSSR count). The number of hydrogen-bond acceptors (Lipinski definition) is 2. The van der Waals surface area contributed by atoms with E-state index in [0.717, 1.165) is 11.6 Å². The molecule has 2 nitrogen and oxygen atoms in total. The van der Waals surface area contributed by atoms with Gasteiger partial charge in [-0.15, -0.1) is 0 Å². The van der Waals surface area contributed by atoms with Crippen LogP contribution in [-0.2, 0) is 11.5 Å². The van der Waals surface area contributed by atoms with Gasteiger partial charge in [-0.3, -0.25) is 0 Å². The molecular weight excluding hydrogens is 347 g/mol. The lowest BCUT2D eigenvalue weighted by molar-refractivity contribution is -0.138. The van der Waals surface area contributed by atoms with Crippen molar-refractivity contribution in [2.75, 3.05) is 0 Å². The minimum atomic E-state index is -4.51. The summed E-state index contributed by atoms with van der Waals surface area (Å²) in [5, 5.41) is 9.62. The normalized spacial score (nSPS) is 11.0. The van der Waals surface area contributed by atoms with Gasteiger partial charge in [0.2, 0.25) is 0 Å². The Morgan fingerprint density at radius 2 is 1.81 bits per heavy atom. The number of benzene rings is 2. The summed E-state index contributed by atoms with van der Waals surface area (Å²) in [5.74, 6) is -0.230. The van der Waals surface area contributed by atoms with Crippen molar-refractivity contribution in [3.63, 3.8) is 0 Å². The van der Waals surface area contributed by atoms with Crippen LogP contribution in [0.15, 0.2) is 42.5 Å². The van der Waals surface area contributed by atoms with Gasteiger partial charge in [-0.25, -0.2) is 0 Å². The van der Waals surface area contributed by atoms with Gasteiger partial charge in [0.1, 0.15) is 17.6 Å². The van der Waals surface area contributed by atoms with Crippen molar-refractivity contribution in [2.24, 2.45) is 0 Å². The molecule has 6 heteroatoms. The Morgan fingerprint density at radius 1 is 1.10 bits per heavy atom. The first kappa shape index (κ1) is 15.4. The zero-order valence-corrected chi connectivity index (χ0v) is 12.2. The lowest BCUT2D eigenvalue weighted by Gasteiger charge is -2.14. The second-order valence-electron chi connectivity index (χ2n) is 4.17. The summed E-state index contributed by atoms with van der Waals surface area (Å²) >= 11 is 3.25. The topological polar surface area (TPSA) is 33.0 Å². The van der Waals surface area contributed by atoms with Gasteiger partial charge in [-0.05, 0) is 29.8 Å². The summed E-state index contributed by atoms with van der Waals surface area (Å²) in [6.07, 6.45) is -4.51.